The molecule has 3 aromatic rings. The lowest BCUT2D eigenvalue weighted by molar-refractivity contribution is 0.0587. The maximum atomic E-state index is 13.8. The SMILES string of the molecule is COC(=O)c1cc(-c2ccc(C)cc2)nn1Cc1ccc(C)c(F)c1. The Labute approximate surface area is 145 Å². The van der Waals surface area contributed by atoms with Crippen LogP contribution in [0.15, 0.2) is 48.5 Å². The second-order valence-electron chi connectivity index (χ2n) is 6.01. The molecule has 3 rings (SSSR count). The smallest absolute Gasteiger partial charge is 0.356 e. The van der Waals surface area contributed by atoms with E-state index in [1.807, 2.05) is 37.3 Å². The Morgan fingerprint density at radius 1 is 1.12 bits per heavy atom. The molecule has 0 aliphatic heterocycles. The molecular weight excluding hydrogens is 319 g/mol. The molecule has 5 heteroatoms. The predicted octanol–water partition coefficient (Wildman–Crippen LogP) is 4.14. The van der Waals surface area contributed by atoms with Gasteiger partial charge in [-0.05, 0) is 37.1 Å². The van der Waals surface area contributed by atoms with Gasteiger partial charge in [0, 0.05) is 5.56 Å². The zero-order chi connectivity index (χ0) is 18.0. The molecular formula is C20H19FN2O2. The number of hydrogen-bond donors (Lipinski definition) is 0. The molecule has 0 amide bonds. The molecule has 0 atom stereocenters. The van der Waals surface area contributed by atoms with Crippen LogP contribution < -0.4 is 0 Å². The topological polar surface area (TPSA) is 44.1 Å². The molecule has 0 unspecified atom stereocenters. The number of hydrogen-bond acceptors (Lipinski definition) is 3. The lowest BCUT2D eigenvalue weighted by atomic mass is 10.1. The Morgan fingerprint density at radius 2 is 1.84 bits per heavy atom. The van der Waals surface area contributed by atoms with Crippen molar-refractivity contribution in [2.24, 2.45) is 0 Å². The Balaban J connectivity index is 2.00. The third kappa shape index (κ3) is 3.60. The largest absolute Gasteiger partial charge is 0.464 e. The average Bonchev–Trinajstić information content (AvgIpc) is 3.02. The molecule has 0 saturated heterocycles. The molecule has 1 heterocycles. The highest BCUT2D eigenvalue weighted by Crippen LogP contribution is 2.21. The normalized spacial score (nSPS) is 10.7. The van der Waals surface area contributed by atoms with Crippen molar-refractivity contribution in [1.29, 1.82) is 0 Å². The lowest BCUT2D eigenvalue weighted by Crippen LogP contribution is -2.12. The molecule has 1 aromatic heterocycles. The summed E-state index contributed by atoms with van der Waals surface area (Å²) in [5.41, 5.74) is 4.37. The summed E-state index contributed by atoms with van der Waals surface area (Å²) in [6, 6.07) is 14.6. The Bertz CT molecular complexity index is 914. The minimum Gasteiger partial charge on any atom is -0.464 e. The molecule has 4 nitrogen and oxygen atoms in total. The number of aryl methyl sites for hydroxylation is 2. The van der Waals surface area contributed by atoms with E-state index in [9.17, 15) is 9.18 Å². The fraction of sp³-hybridized carbons (Fsp3) is 0.200. The van der Waals surface area contributed by atoms with Crippen LogP contribution >= 0.6 is 0 Å². The molecule has 2 aromatic carbocycles. The van der Waals surface area contributed by atoms with Crippen LogP contribution in [0.3, 0.4) is 0 Å². The van der Waals surface area contributed by atoms with Crippen LogP contribution in [0, 0.1) is 19.7 Å². The maximum absolute atomic E-state index is 13.8. The van der Waals surface area contributed by atoms with Crippen LogP contribution in [0.4, 0.5) is 4.39 Å². The highest BCUT2D eigenvalue weighted by Gasteiger charge is 2.17. The van der Waals surface area contributed by atoms with E-state index in [1.54, 1.807) is 23.7 Å². The number of methoxy groups -OCH3 is 1. The van der Waals surface area contributed by atoms with Gasteiger partial charge in [0.2, 0.25) is 0 Å². The Kier molecular flexibility index (Phi) is 4.65. The van der Waals surface area contributed by atoms with Crippen molar-refractivity contribution >= 4 is 5.97 Å². The molecule has 0 bridgehead atoms. The van der Waals surface area contributed by atoms with Gasteiger partial charge in [0.05, 0.1) is 19.3 Å². The van der Waals surface area contributed by atoms with Crippen LogP contribution in [0.1, 0.15) is 27.2 Å². The number of aromatic nitrogens is 2. The standard InChI is InChI=1S/C20H19FN2O2/c1-13-4-8-16(9-5-13)18-11-19(20(24)25-3)23(22-18)12-15-7-6-14(2)17(21)10-15/h4-11H,12H2,1-3H3. The fourth-order valence-corrected chi connectivity index (χ4v) is 2.58. The van der Waals surface area contributed by atoms with Gasteiger partial charge in [0.15, 0.2) is 0 Å². The summed E-state index contributed by atoms with van der Waals surface area (Å²) in [7, 11) is 1.33. The Hall–Kier alpha value is -2.95. The summed E-state index contributed by atoms with van der Waals surface area (Å²) in [4.78, 5) is 12.1. The highest BCUT2D eigenvalue weighted by molar-refractivity contribution is 5.89. The van der Waals surface area contributed by atoms with E-state index in [0.29, 0.717) is 17.0 Å². The summed E-state index contributed by atoms with van der Waals surface area (Å²) < 4.78 is 20.2. The molecule has 25 heavy (non-hydrogen) atoms. The van der Waals surface area contributed by atoms with Crippen LogP contribution in [-0.2, 0) is 11.3 Å². The first-order valence-electron chi connectivity index (χ1n) is 7.96. The quantitative estimate of drug-likeness (QED) is 0.672. The van der Waals surface area contributed by atoms with Crippen molar-refractivity contribution in [3.05, 3.63) is 76.7 Å². The van der Waals surface area contributed by atoms with E-state index in [1.165, 1.54) is 13.2 Å². The van der Waals surface area contributed by atoms with Crippen molar-refractivity contribution in [2.75, 3.05) is 7.11 Å². The number of esters is 1. The van der Waals surface area contributed by atoms with Gasteiger partial charge >= 0.3 is 5.97 Å². The molecule has 128 valence electrons. The van der Waals surface area contributed by atoms with E-state index < -0.39 is 5.97 Å². The molecule has 0 aliphatic carbocycles. The predicted molar refractivity (Wildman–Crippen MR) is 94.0 cm³/mol. The number of halogens is 1. The number of rotatable bonds is 4. The van der Waals surface area contributed by atoms with Crippen LogP contribution in [0.2, 0.25) is 0 Å². The summed E-state index contributed by atoms with van der Waals surface area (Å²) in [6.45, 7) is 4.00. The van der Waals surface area contributed by atoms with Gasteiger partial charge in [-0.25, -0.2) is 9.18 Å². The lowest BCUT2D eigenvalue weighted by Gasteiger charge is -2.07. The van der Waals surface area contributed by atoms with Gasteiger partial charge < -0.3 is 4.74 Å². The average molecular weight is 338 g/mol. The van der Waals surface area contributed by atoms with Crippen molar-refractivity contribution < 1.29 is 13.9 Å². The van der Waals surface area contributed by atoms with E-state index in [2.05, 4.69) is 5.10 Å². The Morgan fingerprint density at radius 3 is 2.48 bits per heavy atom. The molecule has 0 saturated carbocycles. The monoisotopic (exact) mass is 338 g/mol. The van der Waals surface area contributed by atoms with Gasteiger partial charge in [-0.3, -0.25) is 4.68 Å². The number of benzene rings is 2. The number of nitrogens with zero attached hydrogens (tertiary/aromatic N) is 2. The first kappa shape index (κ1) is 16.9. The van der Waals surface area contributed by atoms with Gasteiger partial charge in [-0.2, -0.15) is 5.10 Å². The summed E-state index contributed by atoms with van der Waals surface area (Å²) in [6.07, 6.45) is 0. The molecule has 0 aliphatic rings. The van der Waals surface area contributed by atoms with E-state index >= 15 is 0 Å². The van der Waals surface area contributed by atoms with Gasteiger partial charge in [-0.1, -0.05) is 42.0 Å². The minimum absolute atomic E-state index is 0.275. The summed E-state index contributed by atoms with van der Waals surface area (Å²) in [5.74, 6) is -0.749. The van der Waals surface area contributed by atoms with Gasteiger partial charge in [0.1, 0.15) is 11.5 Å². The van der Waals surface area contributed by atoms with Gasteiger partial charge in [0.25, 0.3) is 0 Å². The van der Waals surface area contributed by atoms with Gasteiger partial charge in [-0.15, -0.1) is 0 Å². The van der Waals surface area contributed by atoms with E-state index in [0.717, 1.165) is 16.7 Å². The van der Waals surface area contributed by atoms with E-state index in [-0.39, 0.29) is 12.4 Å². The zero-order valence-corrected chi connectivity index (χ0v) is 14.4. The van der Waals surface area contributed by atoms with Crippen LogP contribution in [0.25, 0.3) is 11.3 Å². The van der Waals surface area contributed by atoms with Crippen molar-refractivity contribution in [3.63, 3.8) is 0 Å². The van der Waals surface area contributed by atoms with Crippen LogP contribution in [0.5, 0.6) is 0 Å². The fourth-order valence-electron chi connectivity index (χ4n) is 2.58. The van der Waals surface area contributed by atoms with Crippen molar-refractivity contribution in [2.45, 2.75) is 20.4 Å². The molecule has 0 N–H and O–H groups in total. The second-order valence-corrected chi connectivity index (χ2v) is 6.01. The maximum Gasteiger partial charge on any atom is 0.356 e. The second kappa shape index (κ2) is 6.89. The molecule has 0 spiro atoms. The van der Waals surface area contributed by atoms with Crippen molar-refractivity contribution in [3.8, 4) is 11.3 Å². The van der Waals surface area contributed by atoms with Crippen LogP contribution in [-0.4, -0.2) is 22.9 Å². The zero-order valence-electron chi connectivity index (χ0n) is 14.4. The summed E-state index contributed by atoms with van der Waals surface area (Å²) in [5, 5.41) is 4.52. The van der Waals surface area contributed by atoms with E-state index in [4.69, 9.17) is 4.74 Å². The highest BCUT2D eigenvalue weighted by atomic mass is 19.1. The van der Waals surface area contributed by atoms with Crippen molar-refractivity contribution in [1.82, 2.24) is 9.78 Å². The molecule has 0 radical (unpaired) electrons. The molecule has 0 fully saturated rings. The number of carbonyl (C=O) groups excluding carboxylic acids is 1. The first-order chi connectivity index (χ1) is 12.0. The number of carbonyl (C=O) groups is 1. The number of ether oxygens (including phenoxy) is 1. The first-order valence-corrected chi connectivity index (χ1v) is 7.96. The third-order valence-electron chi connectivity index (χ3n) is 4.09. The minimum atomic E-state index is -0.474. The summed E-state index contributed by atoms with van der Waals surface area (Å²) >= 11 is 0. The third-order valence-corrected chi connectivity index (χ3v) is 4.09.